The number of halogens is 3. The zero-order chi connectivity index (χ0) is 22.5. The quantitative estimate of drug-likeness (QED) is 0.507. The van der Waals surface area contributed by atoms with Crippen LogP contribution in [-0.4, -0.2) is 16.9 Å². The Kier molecular flexibility index (Phi) is 7.43. The number of hydrogen-bond donors (Lipinski definition) is 1. The zero-order valence-corrected chi connectivity index (χ0v) is 18.0. The molecule has 1 aliphatic carbocycles. The van der Waals surface area contributed by atoms with E-state index in [1.54, 1.807) is 0 Å². The number of benzene rings is 2. The first-order chi connectivity index (χ1) is 14.7. The van der Waals surface area contributed by atoms with Crippen LogP contribution in [0.5, 0.6) is 0 Å². The van der Waals surface area contributed by atoms with E-state index < -0.39 is 18.2 Å². The summed E-state index contributed by atoms with van der Waals surface area (Å²) >= 11 is 0. The lowest BCUT2D eigenvalue weighted by Crippen LogP contribution is -2.36. The highest BCUT2D eigenvalue weighted by atomic mass is 19.4. The van der Waals surface area contributed by atoms with Gasteiger partial charge in [0.1, 0.15) is 0 Å². The molecule has 0 aliphatic heterocycles. The molecule has 0 heterocycles. The molecule has 166 valence electrons. The molecule has 0 saturated carbocycles. The van der Waals surface area contributed by atoms with Crippen molar-refractivity contribution >= 4 is 0 Å². The van der Waals surface area contributed by atoms with E-state index in [1.165, 1.54) is 5.56 Å². The van der Waals surface area contributed by atoms with Gasteiger partial charge >= 0.3 is 6.18 Å². The van der Waals surface area contributed by atoms with E-state index >= 15 is 0 Å². The molecule has 3 atom stereocenters. The van der Waals surface area contributed by atoms with Gasteiger partial charge in [-0.3, -0.25) is 0 Å². The maximum absolute atomic E-state index is 12.9. The molecule has 1 aliphatic rings. The highest BCUT2D eigenvalue weighted by molar-refractivity contribution is 5.42. The molecule has 0 radical (unpaired) electrons. The van der Waals surface area contributed by atoms with Crippen LogP contribution in [-0.2, 0) is 12.8 Å². The van der Waals surface area contributed by atoms with Crippen LogP contribution in [0.1, 0.15) is 73.6 Å². The van der Waals surface area contributed by atoms with Crippen molar-refractivity contribution in [2.75, 3.05) is 0 Å². The minimum absolute atomic E-state index is 0.0884. The zero-order valence-electron chi connectivity index (χ0n) is 18.0. The minimum atomic E-state index is -4.27. The monoisotopic (exact) mass is 429 g/mol. The third kappa shape index (κ3) is 6.33. The van der Waals surface area contributed by atoms with Crippen molar-refractivity contribution < 1.29 is 18.3 Å². The first-order valence-corrected chi connectivity index (χ1v) is 11.1. The maximum atomic E-state index is 12.9. The number of fused-ring (bicyclic) bond motifs is 1. The first kappa shape index (κ1) is 23.3. The largest absolute Gasteiger partial charge is 0.390 e. The summed E-state index contributed by atoms with van der Waals surface area (Å²) < 4.78 is 38.7. The summed E-state index contributed by atoms with van der Waals surface area (Å²) in [5, 5.41) is 20.5. The van der Waals surface area contributed by atoms with Gasteiger partial charge in [-0.1, -0.05) is 49.7 Å². The van der Waals surface area contributed by atoms with Crippen molar-refractivity contribution in [2.24, 2.45) is 5.92 Å². The van der Waals surface area contributed by atoms with Crippen LogP contribution < -0.4 is 0 Å². The van der Waals surface area contributed by atoms with Crippen molar-refractivity contribution in [3.63, 3.8) is 0 Å². The van der Waals surface area contributed by atoms with Gasteiger partial charge in [-0.05, 0) is 79.2 Å². The van der Waals surface area contributed by atoms with E-state index in [0.717, 1.165) is 30.4 Å². The average molecular weight is 430 g/mol. The molecule has 0 bridgehead atoms. The van der Waals surface area contributed by atoms with Crippen LogP contribution in [0.25, 0.3) is 0 Å². The number of aryl methyl sites for hydroxylation is 1. The van der Waals surface area contributed by atoms with Gasteiger partial charge in [0.2, 0.25) is 0 Å². The highest BCUT2D eigenvalue weighted by Crippen LogP contribution is 2.44. The SMILES string of the molecule is CCC[C@](O)(CCC(F)(F)F)C[C@H]1CCc2cc(C#N)ccc2[C@H]1Cc1ccccc1. The first-order valence-electron chi connectivity index (χ1n) is 11.1. The summed E-state index contributed by atoms with van der Waals surface area (Å²) in [5.41, 5.74) is 2.79. The molecule has 31 heavy (non-hydrogen) atoms. The Morgan fingerprint density at radius 2 is 1.81 bits per heavy atom. The van der Waals surface area contributed by atoms with E-state index in [0.29, 0.717) is 24.8 Å². The van der Waals surface area contributed by atoms with E-state index in [4.69, 9.17) is 0 Å². The standard InChI is InChI=1S/C26H30F3NO/c1-2-12-25(31,13-14-26(27,28)29)17-22-10-9-21-15-20(18-30)8-11-23(21)24(22)16-19-6-4-3-5-7-19/h3-8,11,15,22,24,31H,2,9-10,12-14,16-17H2,1H3/t22-,24+,25+/m1/s1. The molecule has 2 aromatic carbocycles. The second-order valence-corrected chi connectivity index (χ2v) is 8.91. The molecule has 0 spiro atoms. The molecule has 3 rings (SSSR count). The fourth-order valence-corrected chi connectivity index (χ4v) is 5.10. The van der Waals surface area contributed by atoms with Crippen LogP contribution >= 0.6 is 0 Å². The van der Waals surface area contributed by atoms with Crippen molar-refractivity contribution in [1.29, 1.82) is 5.26 Å². The molecule has 5 heteroatoms. The Labute approximate surface area is 182 Å². The number of hydrogen-bond acceptors (Lipinski definition) is 2. The van der Waals surface area contributed by atoms with Crippen molar-refractivity contribution in [3.05, 3.63) is 70.8 Å². The minimum Gasteiger partial charge on any atom is -0.390 e. The van der Waals surface area contributed by atoms with Gasteiger partial charge in [-0.25, -0.2) is 0 Å². The van der Waals surface area contributed by atoms with Crippen molar-refractivity contribution in [3.8, 4) is 6.07 Å². The van der Waals surface area contributed by atoms with Crippen molar-refractivity contribution in [1.82, 2.24) is 0 Å². The number of rotatable bonds is 8. The molecular formula is C26H30F3NO. The average Bonchev–Trinajstić information content (AvgIpc) is 2.74. The Hall–Kier alpha value is -2.32. The molecule has 1 N–H and O–H groups in total. The lowest BCUT2D eigenvalue weighted by molar-refractivity contribution is -0.149. The van der Waals surface area contributed by atoms with Gasteiger partial charge in [-0.15, -0.1) is 0 Å². The Balaban J connectivity index is 1.89. The van der Waals surface area contributed by atoms with Crippen LogP contribution in [0.15, 0.2) is 48.5 Å². The van der Waals surface area contributed by atoms with Gasteiger partial charge in [0.25, 0.3) is 0 Å². The molecule has 0 amide bonds. The number of nitriles is 1. The van der Waals surface area contributed by atoms with Crippen molar-refractivity contribution in [2.45, 2.75) is 76.0 Å². The lowest BCUT2D eigenvalue weighted by atomic mass is 9.67. The summed E-state index contributed by atoms with van der Waals surface area (Å²) in [7, 11) is 0. The normalized spacial score (nSPS) is 20.5. The Bertz CT molecular complexity index is 903. The molecular weight excluding hydrogens is 399 g/mol. The fraction of sp³-hybridized carbons (Fsp3) is 0.500. The van der Waals surface area contributed by atoms with Gasteiger partial charge < -0.3 is 5.11 Å². The van der Waals surface area contributed by atoms with Gasteiger partial charge in [0.05, 0.1) is 17.2 Å². The predicted molar refractivity (Wildman–Crippen MR) is 116 cm³/mol. The molecule has 0 aromatic heterocycles. The topological polar surface area (TPSA) is 44.0 Å². The molecule has 0 unspecified atom stereocenters. The molecule has 2 nitrogen and oxygen atoms in total. The van der Waals surface area contributed by atoms with Gasteiger partial charge in [-0.2, -0.15) is 18.4 Å². The van der Waals surface area contributed by atoms with E-state index in [-0.39, 0.29) is 18.3 Å². The third-order valence-electron chi connectivity index (χ3n) is 6.55. The van der Waals surface area contributed by atoms with Crippen LogP contribution in [0.4, 0.5) is 13.2 Å². The van der Waals surface area contributed by atoms with E-state index in [1.807, 2.05) is 43.3 Å². The summed E-state index contributed by atoms with van der Waals surface area (Å²) in [6, 6.07) is 18.0. The van der Waals surface area contributed by atoms with Crippen LogP contribution in [0, 0.1) is 17.2 Å². The molecule has 2 aromatic rings. The third-order valence-corrected chi connectivity index (χ3v) is 6.55. The maximum Gasteiger partial charge on any atom is 0.389 e. The summed E-state index contributed by atoms with van der Waals surface area (Å²) in [5.74, 6) is 0.193. The Morgan fingerprint density at radius 3 is 2.45 bits per heavy atom. The van der Waals surface area contributed by atoms with E-state index in [2.05, 4.69) is 18.2 Å². The van der Waals surface area contributed by atoms with Gasteiger partial charge in [0, 0.05) is 6.42 Å². The second kappa shape index (κ2) is 9.87. The summed E-state index contributed by atoms with van der Waals surface area (Å²) in [6.45, 7) is 1.90. The smallest absolute Gasteiger partial charge is 0.389 e. The number of nitrogens with zero attached hydrogens (tertiary/aromatic N) is 1. The molecule has 0 fully saturated rings. The highest BCUT2D eigenvalue weighted by Gasteiger charge is 2.39. The fourth-order valence-electron chi connectivity index (χ4n) is 5.10. The van der Waals surface area contributed by atoms with Crippen LogP contribution in [0.2, 0.25) is 0 Å². The van der Waals surface area contributed by atoms with E-state index in [9.17, 15) is 23.5 Å². The summed E-state index contributed by atoms with van der Waals surface area (Å²) in [6.07, 6.45) is -1.73. The Morgan fingerprint density at radius 1 is 1.06 bits per heavy atom. The number of alkyl halides is 3. The number of aliphatic hydroxyl groups is 1. The predicted octanol–water partition coefficient (Wildman–Crippen LogP) is 6.71. The van der Waals surface area contributed by atoms with Crippen LogP contribution in [0.3, 0.4) is 0 Å². The summed E-state index contributed by atoms with van der Waals surface area (Å²) in [4.78, 5) is 0. The molecule has 0 saturated heterocycles. The van der Waals surface area contributed by atoms with Gasteiger partial charge in [0.15, 0.2) is 0 Å². The second-order valence-electron chi connectivity index (χ2n) is 8.91. The lowest BCUT2D eigenvalue weighted by Gasteiger charge is -2.39.